The third-order valence-corrected chi connectivity index (χ3v) is 6.50. The Balaban J connectivity index is 1.80. The highest BCUT2D eigenvalue weighted by Crippen LogP contribution is 2.29. The van der Waals surface area contributed by atoms with E-state index in [0.717, 1.165) is 10.6 Å². The van der Waals surface area contributed by atoms with Gasteiger partial charge in [-0.05, 0) is 29.6 Å². The summed E-state index contributed by atoms with van der Waals surface area (Å²) in [6.07, 6.45) is 0. The van der Waals surface area contributed by atoms with Crippen LogP contribution < -0.4 is 10.2 Å². The van der Waals surface area contributed by atoms with Crippen molar-refractivity contribution in [3.63, 3.8) is 0 Å². The van der Waals surface area contributed by atoms with Gasteiger partial charge in [-0.3, -0.25) is 9.59 Å². The summed E-state index contributed by atoms with van der Waals surface area (Å²) in [5.74, 6) is -0.151. The number of nitrogens with zero attached hydrogens (tertiary/aromatic N) is 2. The lowest BCUT2D eigenvalue weighted by molar-refractivity contribution is -0.131. The van der Waals surface area contributed by atoms with Crippen molar-refractivity contribution in [1.82, 2.24) is 10.2 Å². The van der Waals surface area contributed by atoms with E-state index in [1.165, 1.54) is 0 Å². The van der Waals surface area contributed by atoms with Gasteiger partial charge >= 0.3 is 0 Å². The zero-order valence-corrected chi connectivity index (χ0v) is 18.2. The summed E-state index contributed by atoms with van der Waals surface area (Å²) in [7, 11) is 0. The largest absolute Gasteiger partial charge is 0.356 e. The van der Waals surface area contributed by atoms with Crippen LogP contribution in [0.3, 0.4) is 0 Å². The Labute approximate surface area is 180 Å². The summed E-state index contributed by atoms with van der Waals surface area (Å²) >= 11 is 17.0. The molecule has 1 aliphatic heterocycles. The van der Waals surface area contributed by atoms with Crippen molar-refractivity contribution in [1.29, 1.82) is 0 Å². The number of rotatable bonds is 5. The number of halogens is 3. The van der Waals surface area contributed by atoms with Crippen molar-refractivity contribution in [2.24, 2.45) is 0 Å². The van der Waals surface area contributed by atoms with Crippen molar-refractivity contribution in [3.8, 4) is 0 Å². The molecule has 0 radical (unpaired) electrons. The number of amides is 2. The molecule has 1 aromatic heterocycles. The van der Waals surface area contributed by atoms with Gasteiger partial charge in [0.15, 0.2) is 0 Å². The SMILES string of the molecule is O=C(NCc1cccs1)[C@@H]1CN(C(=O)CBr)CCN1c1ccc(Cl)c(Cl)c1. The lowest BCUT2D eigenvalue weighted by Gasteiger charge is -2.41. The molecule has 0 spiro atoms. The molecule has 2 aromatic rings. The lowest BCUT2D eigenvalue weighted by Crippen LogP contribution is -2.60. The van der Waals surface area contributed by atoms with Crippen LogP contribution in [0.25, 0.3) is 0 Å². The van der Waals surface area contributed by atoms with Crippen LogP contribution in [0, 0.1) is 0 Å². The van der Waals surface area contributed by atoms with Crippen molar-refractivity contribution in [3.05, 3.63) is 50.6 Å². The average molecular weight is 491 g/mol. The first-order valence-corrected chi connectivity index (χ1v) is 11.1. The van der Waals surface area contributed by atoms with Gasteiger partial charge in [0.2, 0.25) is 11.8 Å². The average Bonchev–Trinajstić information content (AvgIpc) is 3.21. The van der Waals surface area contributed by atoms with Crippen molar-refractivity contribution in [2.45, 2.75) is 12.6 Å². The van der Waals surface area contributed by atoms with Crippen molar-refractivity contribution < 1.29 is 9.59 Å². The predicted molar refractivity (Wildman–Crippen MR) is 114 cm³/mol. The number of thiophene rings is 1. The molecule has 0 aliphatic carbocycles. The monoisotopic (exact) mass is 489 g/mol. The quantitative estimate of drug-likeness (QED) is 0.649. The first-order chi connectivity index (χ1) is 13.0. The molecule has 2 heterocycles. The minimum atomic E-state index is -0.501. The molecular weight excluding hydrogens is 473 g/mol. The van der Waals surface area contributed by atoms with Crippen molar-refractivity contribution in [2.75, 3.05) is 29.9 Å². The molecule has 9 heteroatoms. The topological polar surface area (TPSA) is 52.7 Å². The fourth-order valence-corrected chi connectivity index (χ4v) is 4.29. The predicted octanol–water partition coefficient (Wildman–Crippen LogP) is 3.78. The van der Waals surface area contributed by atoms with Crippen LogP contribution >= 0.6 is 50.5 Å². The Hall–Kier alpha value is -1.28. The zero-order chi connectivity index (χ0) is 19.4. The molecule has 2 amide bonds. The maximum Gasteiger partial charge on any atom is 0.244 e. The molecule has 27 heavy (non-hydrogen) atoms. The standard InChI is InChI=1S/C18H18BrCl2N3O2S/c19-9-17(25)23-5-6-24(12-3-4-14(20)15(21)8-12)16(11-23)18(26)22-10-13-2-1-7-27-13/h1-4,7-8,16H,5-6,9-11H2,(H,22,26)/t16-/m0/s1. The second kappa shape index (κ2) is 9.28. The van der Waals surface area contributed by atoms with Crippen LogP contribution in [-0.4, -0.2) is 47.7 Å². The summed E-state index contributed by atoms with van der Waals surface area (Å²) in [4.78, 5) is 29.8. The molecule has 1 aliphatic rings. The number of benzene rings is 1. The van der Waals surface area contributed by atoms with Gasteiger partial charge in [-0.1, -0.05) is 45.2 Å². The molecule has 0 unspecified atom stereocenters. The summed E-state index contributed by atoms with van der Waals surface area (Å²) < 4.78 is 0. The Morgan fingerprint density at radius 1 is 1.22 bits per heavy atom. The molecule has 1 N–H and O–H groups in total. The van der Waals surface area contributed by atoms with Gasteiger partial charge in [0, 0.05) is 23.7 Å². The van der Waals surface area contributed by atoms with E-state index in [4.69, 9.17) is 23.2 Å². The van der Waals surface area contributed by atoms with Crippen LogP contribution in [0.4, 0.5) is 5.69 Å². The molecule has 0 bridgehead atoms. The fraction of sp³-hybridized carbons (Fsp3) is 0.333. The normalized spacial score (nSPS) is 17.1. The molecule has 1 aromatic carbocycles. The number of hydrogen-bond acceptors (Lipinski definition) is 4. The van der Waals surface area contributed by atoms with Gasteiger partial charge < -0.3 is 15.1 Å². The number of hydrogen-bond donors (Lipinski definition) is 1. The zero-order valence-electron chi connectivity index (χ0n) is 14.3. The van der Waals surface area contributed by atoms with Gasteiger partial charge in [-0.15, -0.1) is 11.3 Å². The third-order valence-electron chi connectivity index (χ3n) is 4.40. The van der Waals surface area contributed by atoms with Gasteiger partial charge in [0.25, 0.3) is 0 Å². The number of anilines is 1. The summed E-state index contributed by atoms with van der Waals surface area (Å²) in [6.45, 7) is 1.86. The molecule has 3 rings (SSSR count). The third kappa shape index (κ3) is 4.96. The number of carbonyl (C=O) groups excluding carboxylic acids is 2. The lowest BCUT2D eigenvalue weighted by atomic mass is 10.1. The Morgan fingerprint density at radius 3 is 2.70 bits per heavy atom. The summed E-state index contributed by atoms with van der Waals surface area (Å²) in [6, 6.07) is 8.74. The van der Waals surface area contributed by atoms with Crippen molar-refractivity contribution >= 4 is 68.0 Å². The molecule has 5 nitrogen and oxygen atoms in total. The van der Waals surface area contributed by atoms with E-state index in [-0.39, 0.29) is 17.1 Å². The van der Waals surface area contributed by atoms with Crippen LogP contribution in [0.2, 0.25) is 10.0 Å². The van der Waals surface area contributed by atoms with E-state index in [2.05, 4.69) is 21.2 Å². The maximum atomic E-state index is 12.9. The Morgan fingerprint density at radius 2 is 2.04 bits per heavy atom. The van der Waals surface area contributed by atoms with E-state index in [1.54, 1.807) is 28.4 Å². The number of carbonyl (C=O) groups is 2. The van der Waals surface area contributed by atoms with Gasteiger partial charge in [-0.25, -0.2) is 0 Å². The smallest absolute Gasteiger partial charge is 0.244 e. The minimum absolute atomic E-state index is 0.0279. The maximum absolute atomic E-state index is 12.9. The number of alkyl halides is 1. The Kier molecular flexibility index (Phi) is 7.03. The molecular formula is C18H18BrCl2N3O2S. The van der Waals surface area contributed by atoms with E-state index in [0.29, 0.717) is 36.2 Å². The van der Waals surface area contributed by atoms with E-state index in [9.17, 15) is 9.59 Å². The fourth-order valence-electron chi connectivity index (χ4n) is 3.00. The van der Waals surface area contributed by atoms with Crippen LogP contribution in [0.5, 0.6) is 0 Å². The number of piperazine rings is 1. The highest BCUT2D eigenvalue weighted by atomic mass is 79.9. The minimum Gasteiger partial charge on any atom is -0.356 e. The summed E-state index contributed by atoms with van der Waals surface area (Å²) in [5.41, 5.74) is 0.812. The van der Waals surface area contributed by atoms with E-state index < -0.39 is 6.04 Å². The van der Waals surface area contributed by atoms with Crippen LogP contribution in [0.1, 0.15) is 4.88 Å². The first kappa shape index (κ1) is 20.5. The molecule has 1 saturated heterocycles. The molecule has 1 fully saturated rings. The van der Waals surface area contributed by atoms with Crippen LogP contribution in [-0.2, 0) is 16.1 Å². The summed E-state index contributed by atoms with van der Waals surface area (Å²) in [5, 5.41) is 6.09. The molecule has 144 valence electrons. The highest BCUT2D eigenvalue weighted by Gasteiger charge is 2.34. The first-order valence-electron chi connectivity index (χ1n) is 8.35. The second-order valence-electron chi connectivity index (χ2n) is 6.08. The highest BCUT2D eigenvalue weighted by molar-refractivity contribution is 9.09. The Bertz CT molecular complexity index is 819. The van der Waals surface area contributed by atoms with E-state index >= 15 is 0 Å². The van der Waals surface area contributed by atoms with Gasteiger partial charge in [0.1, 0.15) is 6.04 Å². The number of nitrogens with one attached hydrogen (secondary N) is 1. The second-order valence-corrected chi connectivity index (χ2v) is 8.49. The van der Waals surface area contributed by atoms with E-state index in [1.807, 2.05) is 28.5 Å². The molecule has 0 saturated carbocycles. The van der Waals surface area contributed by atoms with Gasteiger partial charge in [-0.2, -0.15) is 0 Å². The van der Waals surface area contributed by atoms with Crippen LogP contribution in [0.15, 0.2) is 35.7 Å². The molecule has 1 atom stereocenters. The van der Waals surface area contributed by atoms with Gasteiger partial charge in [0.05, 0.1) is 28.5 Å².